The number of para-hydroxylation sites is 1. The van der Waals surface area contributed by atoms with Crippen molar-refractivity contribution < 1.29 is 13.9 Å². The number of fused-ring (bicyclic) bond motifs is 1. The third-order valence-corrected chi connectivity index (χ3v) is 5.40. The first-order valence-electron chi connectivity index (χ1n) is 9.82. The number of nitrogens with zero attached hydrogens (tertiary/aromatic N) is 4. The number of hydrogen-bond acceptors (Lipinski definition) is 5. The minimum absolute atomic E-state index is 0.0333. The summed E-state index contributed by atoms with van der Waals surface area (Å²) in [6.45, 7) is 2.94. The van der Waals surface area contributed by atoms with Gasteiger partial charge in [0.1, 0.15) is 18.1 Å². The van der Waals surface area contributed by atoms with E-state index in [9.17, 15) is 14.0 Å². The Morgan fingerprint density at radius 3 is 2.67 bits per heavy atom. The Balaban J connectivity index is 1.38. The molecule has 30 heavy (non-hydrogen) atoms. The zero-order valence-electron chi connectivity index (χ0n) is 16.8. The highest BCUT2D eigenvalue weighted by Crippen LogP contribution is 2.21. The van der Waals surface area contributed by atoms with E-state index >= 15 is 0 Å². The molecule has 1 fully saturated rings. The van der Waals surface area contributed by atoms with E-state index in [0.717, 1.165) is 5.56 Å². The summed E-state index contributed by atoms with van der Waals surface area (Å²) in [5, 5.41) is 0.502. The molecular weight excluding hydrogens is 387 g/mol. The molecule has 1 amide bonds. The molecule has 0 radical (unpaired) electrons. The number of methoxy groups -OCH3 is 1. The maximum absolute atomic E-state index is 13.6. The third kappa shape index (κ3) is 4.18. The molecule has 0 atom stereocenters. The molecule has 0 bridgehead atoms. The summed E-state index contributed by atoms with van der Waals surface area (Å²) >= 11 is 0. The van der Waals surface area contributed by atoms with Crippen molar-refractivity contribution in [3.05, 3.63) is 70.5 Å². The van der Waals surface area contributed by atoms with Crippen molar-refractivity contribution in [2.45, 2.75) is 13.1 Å². The van der Waals surface area contributed by atoms with Crippen molar-refractivity contribution in [3.8, 4) is 5.75 Å². The van der Waals surface area contributed by atoms with E-state index in [0.29, 0.717) is 49.4 Å². The fourth-order valence-electron chi connectivity index (χ4n) is 3.73. The van der Waals surface area contributed by atoms with Crippen molar-refractivity contribution >= 4 is 16.8 Å². The van der Waals surface area contributed by atoms with E-state index in [4.69, 9.17) is 4.74 Å². The highest BCUT2D eigenvalue weighted by atomic mass is 19.1. The first-order valence-corrected chi connectivity index (χ1v) is 9.82. The monoisotopic (exact) mass is 410 g/mol. The predicted molar refractivity (Wildman–Crippen MR) is 111 cm³/mol. The maximum Gasteiger partial charge on any atom is 0.261 e. The molecule has 1 saturated heterocycles. The molecule has 0 saturated carbocycles. The van der Waals surface area contributed by atoms with Crippen LogP contribution < -0.4 is 10.3 Å². The summed E-state index contributed by atoms with van der Waals surface area (Å²) in [6.07, 6.45) is 1.43. The Hall–Kier alpha value is -3.26. The van der Waals surface area contributed by atoms with Crippen LogP contribution in [0.4, 0.5) is 4.39 Å². The average Bonchev–Trinajstić information content (AvgIpc) is 2.76. The van der Waals surface area contributed by atoms with Crippen LogP contribution in [0.5, 0.6) is 5.75 Å². The van der Waals surface area contributed by atoms with Crippen LogP contribution in [0.3, 0.4) is 0 Å². The molecule has 0 N–H and O–H groups in total. The maximum atomic E-state index is 13.6. The molecule has 0 spiro atoms. The Kier molecular flexibility index (Phi) is 5.76. The second-order valence-corrected chi connectivity index (χ2v) is 7.31. The summed E-state index contributed by atoms with van der Waals surface area (Å²) in [4.78, 5) is 33.5. The van der Waals surface area contributed by atoms with Crippen LogP contribution in [-0.4, -0.2) is 58.5 Å². The quantitative estimate of drug-likeness (QED) is 0.643. The molecule has 2 heterocycles. The molecule has 8 heteroatoms. The average molecular weight is 410 g/mol. The van der Waals surface area contributed by atoms with E-state index < -0.39 is 0 Å². The van der Waals surface area contributed by atoms with Gasteiger partial charge in [0.05, 0.1) is 24.3 Å². The van der Waals surface area contributed by atoms with Gasteiger partial charge in [-0.05, 0) is 30.3 Å². The highest BCUT2D eigenvalue weighted by Gasteiger charge is 2.22. The lowest BCUT2D eigenvalue weighted by Gasteiger charge is -2.35. The van der Waals surface area contributed by atoms with Gasteiger partial charge in [-0.3, -0.25) is 19.1 Å². The first-order chi connectivity index (χ1) is 14.5. The largest absolute Gasteiger partial charge is 0.496 e. The summed E-state index contributed by atoms with van der Waals surface area (Å²) < 4.78 is 20.3. The molecule has 2 aromatic carbocycles. The Morgan fingerprint density at radius 2 is 1.90 bits per heavy atom. The van der Waals surface area contributed by atoms with Crippen molar-refractivity contribution in [3.63, 3.8) is 0 Å². The number of aromatic nitrogens is 2. The molecule has 4 rings (SSSR count). The number of hydrogen-bond donors (Lipinski definition) is 0. The topological polar surface area (TPSA) is 67.7 Å². The molecule has 7 nitrogen and oxygen atoms in total. The highest BCUT2D eigenvalue weighted by molar-refractivity contribution is 5.79. The number of piperazine rings is 1. The molecule has 3 aromatic rings. The number of carbonyl (C=O) groups excluding carboxylic acids is 1. The zero-order valence-corrected chi connectivity index (χ0v) is 16.8. The number of amides is 1. The lowest BCUT2D eigenvalue weighted by Crippen LogP contribution is -2.49. The van der Waals surface area contributed by atoms with E-state index in [1.165, 1.54) is 23.0 Å². The molecule has 0 aliphatic carbocycles. The van der Waals surface area contributed by atoms with Crippen LogP contribution in [-0.2, 0) is 17.9 Å². The second-order valence-electron chi connectivity index (χ2n) is 7.31. The van der Waals surface area contributed by atoms with Crippen molar-refractivity contribution in [1.82, 2.24) is 19.4 Å². The summed E-state index contributed by atoms with van der Waals surface area (Å²) in [6, 6.07) is 11.6. The van der Waals surface area contributed by atoms with Gasteiger partial charge >= 0.3 is 0 Å². The van der Waals surface area contributed by atoms with Gasteiger partial charge in [-0.1, -0.05) is 12.1 Å². The van der Waals surface area contributed by atoms with E-state index in [1.807, 2.05) is 6.07 Å². The predicted octanol–water partition coefficient (Wildman–Crippen LogP) is 1.89. The minimum Gasteiger partial charge on any atom is -0.496 e. The van der Waals surface area contributed by atoms with Gasteiger partial charge in [0, 0.05) is 38.3 Å². The van der Waals surface area contributed by atoms with E-state index in [-0.39, 0.29) is 23.8 Å². The molecule has 0 unspecified atom stereocenters. The van der Waals surface area contributed by atoms with Gasteiger partial charge < -0.3 is 9.64 Å². The van der Waals surface area contributed by atoms with E-state index in [2.05, 4.69) is 9.88 Å². The fourth-order valence-corrected chi connectivity index (χ4v) is 3.73. The molecule has 156 valence electrons. The molecule has 1 aliphatic rings. The second kappa shape index (κ2) is 8.62. The van der Waals surface area contributed by atoms with Crippen LogP contribution in [0.2, 0.25) is 0 Å². The lowest BCUT2D eigenvalue weighted by molar-refractivity contribution is -0.133. The van der Waals surface area contributed by atoms with Crippen LogP contribution in [0.1, 0.15) is 5.56 Å². The van der Waals surface area contributed by atoms with Gasteiger partial charge in [0.25, 0.3) is 5.56 Å². The number of halogens is 1. The van der Waals surface area contributed by atoms with Gasteiger partial charge in [-0.15, -0.1) is 0 Å². The van der Waals surface area contributed by atoms with Gasteiger partial charge in [-0.25, -0.2) is 9.37 Å². The summed E-state index contributed by atoms with van der Waals surface area (Å²) in [7, 11) is 1.57. The van der Waals surface area contributed by atoms with Crippen LogP contribution in [0.15, 0.2) is 53.6 Å². The van der Waals surface area contributed by atoms with Gasteiger partial charge in [-0.2, -0.15) is 0 Å². The normalized spacial score (nSPS) is 14.8. The smallest absolute Gasteiger partial charge is 0.261 e. The third-order valence-electron chi connectivity index (χ3n) is 5.40. The molecule has 1 aliphatic heterocycles. The van der Waals surface area contributed by atoms with Gasteiger partial charge in [0.2, 0.25) is 5.91 Å². The summed E-state index contributed by atoms with van der Waals surface area (Å²) in [5.74, 6) is 0.240. The molecular formula is C22H23FN4O3. The number of ether oxygens (including phenoxy) is 1. The number of benzene rings is 2. The Labute approximate surface area is 173 Å². The van der Waals surface area contributed by atoms with Gasteiger partial charge in [0.15, 0.2) is 0 Å². The van der Waals surface area contributed by atoms with Crippen molar-refractivity contribution in [1.29, 1.82) is 0 Å². The Morgan fingerprint density at radius 1 is 1.13 bits per heavy atom. The fraction of sp³-hybridized carbons (Fsp3) is 0.318. The number of rotatable bonds is 5. The SMILES string of the molecule is COc1ccc(F)cc1CN1CCN(C(=O)Cn2cnc3ccccc3c2=O)CC1. The minimum atomic E-state index is -0.297. The van der Waals surface area contributed by atoms with Crippen LogP contribution in [0, 0.1) is 5.82 Å². The van der Waals surface area contributed by atoms with Crippen molar-refractivity contribution in [2.24, 2.45) is 0 Å². The van der Waals surface area contributed by atoms with Crippen molar-refractivity contribution in [2.75, 3.05) is 33.3 Å². The standard InChI is InChI=1S/C22H23FN4O3/c1-30-20-7-6-17(23)12-16(20)13-25-8-10-26(11-9-25)21(28)14-27-15-24-19-5-3-2-4-18(19)22(27)29/h2-7,12,15H,8-11,13-14H2,1H3. The first kappa shape index (κ1) is 20.0. The summed E-state index contributed by atoms with van der Waals surface area (Å²) in [5.41, 5.74) is 1.18. The Bertz CT molecular complexity index is 1120. The van der Waals surface area contributed by atoms with E-state index in [1.54, 1.807) is 36.3 Å². The van der Waals surface area contributed by atoms with Crippen LogP contribution in [0.25, 0.3) is 10.9 Å². The lowest BCUT2D eigenvalue weighted by atomic mass is 10.1. The van der Waals surface area contributed by atoms with Crippen LogP contribution >= 0.6 is 0 Å². The molecule has 1 aromatic heterocycles. The zero-order chi connectivity index (χ0) is 21.1. The number of carbonyl (C=O) groups is 1.